The Morgan fingerprint density at radius 1 is 1.47 bits per heavy atom. The molecule has 0 aliphatic carbocycles. The van der Waals surface area contributed by atoms with Gasteiger partial charge < -0.3 is 14.0 Å². The van der Waals surface area contributed by atoms with E-state index in [4.69, 9.17) is 4.74 Å². The fourth-order valence-corrected chi connectivity index (χ4v) is 1.58. The van der Waals surface area contributed by atoms with Gasteiger partial charge in [0.25, 0.3) is 0 Å². The van der Waals surface area contributed by atoms with Crippen LogP contribution in [0.1, 0.15) is 16.2 Å². The van der Waals surface area contributed by atoms with Crippen molar-refractivity contribution in [3.05, 3.63) is 47.8 Å². The van der Waals surface area contributed by atoms with Gasteiger partial charge in [0.15, 0.2) is 0 Å². The summed E-state index contributed by atoms with van der Waals surface area (Å²) in [7, 11) is 3.06. The molecule has 0 saturated carbocycles. The first-order valence-corrected chi connectivity index (χ1v) is 5.58. The average Bonchev–Trinajstić information content (AvgIpc) is 2.82. The molecule has 5 nitrogen and oxygen atoms in total. The minimum Gasteiger partial charge on any atom is -0.485 e. The van der Waals surface area contributed by atoms with E-state index in [0.29, 0.717) is 5.82 Å². The predicted octanol–water partition coefficient (Wildman–Crippen LogP) is 1.92. The molecule has 100 valence electrons. The van der Waals surface area contributed by atoms with Gasteiger partial charge in [0.1, 0.15) is 29.6 Å². The van der Waals surface area contributed by atoms with Crippen molar-refractivity contribution in [3.63, 3.8) is 0 Å². The van der Waals surface area contributed by atoms with E-state index in [1.165, 1.54) is 19.2 Å². The first-order chi connectivity index (χ1) is 9.11. The minimum atomic E-state index is -0.644. The van der Waals surface area contributed by atoms with E-state index in [2.05, 4.69) is 9.72 Å². The Morgan fingerprint density at radius 3 is 2.89 bits per heavy atom. The van der Waals surface area contributed by atoms with Gasteiger partial charge in [-0.3, -0.25) is 0 Å². The number of aryl methyl sites for hydroxylation is 1. The van der Waals surface area contributed by atoms with Gasteiger partial charge in [-0.1, -0.05) is 0 Å². The van der Waals surface area contributed by atoms with Crippen LogP contribution in [0.15, 0.2) is 30.6 Å². The summed E-state index contributed by atoms with van der Waals surface area (Å²) >= 11 is 0. The molecule has 0 radical (unpaired) electrons. The van der Waals surface area contributed by atoms with Crippen molar-refractivity contribution in [2.75, 3.05) is 7.11 Å². The molecule has 6 heteroatoms. The molecule has 0 spiro atoms. The molecule has 2 rings (SSSR count). The largest absolute Gasteiger partial charge is 0.485 e. The number of halogens is 1. The molecular formula is C13H13FN2O3. The number of esters is 1. The van der Waals surface area contributed by atoms with Crippen LogP contribution in [0.5, 0.6) is 5.75 Å². The van der Waals surface area contributed by atoms with Crippen LogP contribution < -0.4 is 4.74 Å². The Balaban J connectivity index is 2.20. The van der Waals surface area contributed by atoms with Crippen molar-refractivity contribution in [1.82, 2.24) is 9.55 Å². The number of methoxy groups -OCH3 is 1. The summed E-state index contributed by atoms with van der Waals surface area (Å²) in [5.74, 6) is -0.213. The zero-order chi connectivity index (χ0) is 13.8. The maximum atomic E-state index is 13.1. The number of nitrogens with zero attached hydrogens (tertiary/aromatic N) is 2. The second-order valence-electron chi connectivity index (χ2n) is 3.88. The van der Waals surface area contributed by atoms with Gasteiger partial charge in [-0.05, 0) is 18.2 Å². The Labute approximate surface area is 109 Å². The molecule has 0 atom stereocenters. The molecule has 0 bridgehead atoms. The maximum Gasteiger partial charge on any atom is 0.341 e. The molecule has 0 saturated heterocycles. The van der Waals surface area contributed by atoms with Gasteiger partial charge in [0.05, 0.1) is 7.11 Å². The maximum absolute atomic E-state index is 13.1. The first kappa shape index (κ1) is 13.1. The summed E-state index contributed by atoms with van der Waals surface area (Å²) in [6.07, 6.45) is 3.43. The molecule has 1 aromatic heterocycles. The van der Waals surface area contributed by atoms with Gasteiger partial charge in [-0.25, -0.2) is 14.2 Å². The second-order valence-corrected chi connectivity index (χ2v) is 3.88. The third-order valence-electron chi connectivity index (χ3n) is 2.62. The lowest BCUT2D eigenvalue weighted by Gasteiger charge is -2.10. The highest BCUT2D eigenvalue weighted by Gasteiger charge is 2.15. The van der Waals surface area contributed by atoms with E-state index in [9.17, 15) is 9.18 Å². The highest BCUT2D eigenvalue weighted by molar-refractivity contribution is 5.92. The van der Waals surface area contributed by atoms with Crippen LogP contribution in [-0.4, -0.2) is 22.6 Å². The molecule has 2 aromatic rings. The molecule has 0 amide bonds. The number of hydrogen-bond acceptors (Lipinski definition) is 4. The van der Waals surface area contributed by atoms with Crippen LogP contribution >= 0.6 is 0 Å². The van der Waals surface area contributed by atoms with E-state index in [1.54, 1.807) is 17.0 Å². The number of hydrogen-bond donors (Lipinski definition) is 0. The average molecular weight is 264 g/mol. The van der Waals surface area contributed by atoms with E-state index in [0.717, 1.165) is 6.07 Å². The van der Waals surface area contributed by atoms with E-state index in [1.807, 2.05) is 7.05 Å². The lowest BCUT2D eigenvalue weighted by Crippen LogP contribution is -2.08. The highest BCUT2D eigenvalue weighted by atomic mass is 19.1. The predicted molar refractivity (Wildman–Crippen MR) is 65.3 cm³/mol. The van der Waals surface area contributed by atoms with Gasteiger partial charge in [-0.15, -0.1) is 0 Å². The van der Waals surface area contributed by atoms with Gasteiger partial charge in [0, 0.05) is 19.4 Å². The smallest absolute Gasteiger partial charge is 0.341 e. The summed E-state index contributed by atoms with van der Waals surface area (Å²) in [6, 6.07) is 3.70. The van der Waals surface area contributed by atoms with Gasteiger partial charge >= 0.3 is 5.97 Å². The number of ether oxygens (including phenoxy) is 2. The summed E-state index contributed by atoms with van der Waals surface area (Å²) in [4.78, 5) is 15.6. The third-order valence-corrected chi connectivity index (χ3v) is 2.62. The topological polar surface area (TPSA) is 53.4 Å². The van der Waals surface area contributed by atoms with Crippen molar-refractivity contribution in [1.29, 1.82) is 0 Å². The van der Waals surface area contributed by atoms with Crippen LogP contribution in [0.25, 0.3) is 0 Å². The van der Waals surface area contributed by atoms with Crippen LogP contribution in [0.2, 0.25) is 0 Å². The van der Waals surface area contributed by atoms with Crippen LogP contribution in [0, 0.1) is 5.82 Å². The van der Waals surface area contributed by atoms with Crippen molar-refractivity contribution < 1.29 is 18.7 Å². The molecule has 0 aliphatic heterocycles. The lowest BCUT2D eigenvalue weighted by atomic mass is 10.2. The Morgan fingerprint density at radius 2 is 2.26 bits per heavy atom. The first-order valence-electron chi connectivity index (χ1n) is 5.58. The highest BCUT2D eigenvalue weighted by Crippen LogP contribution is 2.21. The van der Waals surface area contributed by atoms with Gasteiger partial charge in [0.2, 0.25) is 0 Å². The molecule has 1 aromatic carbocycles. The molecule has 19 heavy (non-hydrogen) atoms. The van der Waals surface area contributed by atoms with Crippen LogP contribution in [-0.2, 0) is 18.4 Å². The van der Waals surface area contributed by atoms with Crippen molar-refractivity contribution >= 4 is 5.97 Å². The number of imidazole rings is 1. The molecular weight excluding hydrogens is 251 g/mol. The Hall–Kier alpha value is -2.37. The number of carbonyl (C=O) groups is 1. The molecule has 1 heterocycles. The molecule has 0 fully saturated rings. The monoisotopic (exact) mass is 264 g/mol. The summed E-state index contributed by atoms with van der Waals surface area (Å²) < 4.78 is 25.0. The molecule has 0 N–H and O–H groups in total. The Bertz CT molecular complexity index is 595. The number of rotatable bonds is 4. The van der Waals surface area contributed by atoms with Crippen LogP contribution in [0.3, 0.4) is 0 Å². The van der Waals surface area contributed by atoms with Crippen LogP contribution in [0.4, 0.5) is 4.39 Å². The summed E-state index contributed by atoms with van der Waals surface area (Å²) in [5, 5.41) is 0. The normalized spacial score (nSPS) is 10.3. The Kier molecular flexibility index (Phi) is 3.79. The van der Waals surface area contributed by atoms with Gasteiger partial charge in [-0.2, -0.15) is 0 Å². The van der Waals surface area contributed by atoms with Crippen molar-refractivity contribution in [2.24, 2.45) is 7.05 Å². The minimum absolute atomic E-state index is 0.0525. The molecule has 0 aliphatic rings. The van der Waals surface area contributed by atoms with E-state index < -0.39 is 11.8 Å². The quantitative estimate of drug-likeness (QED) is 0.792. The lowest BCUT2D eigenvalue weighted by molar-refractivity contribution is 0.0594. The number of aromatic nitrogens is 2. The number of carbonyl (C=O) groups excluding carboxylic acids is 1. The van der Waals surface area contributed by atoms with Crippen molar-refractivity contribution in [3.8, 4) is 5.75 Å². The standard InChI is InChI=1S/C13H13FN2O3/c1-16-6-5-15-12(16)8-19-11-4-3-9(14)7-10(11)13(17)18-2/h3-7H,8H2,1-2H3. The van der Waals surface area contributed by atoms with E-state index in [-0.39, 0.29) is 17.9 Å². The SMILES string of the molecule is COC(=O)c1cc(F)ccc1OCc1nccn1C. The zero-order valence-electron chi connectivity index (χ0n) is 10.6. The third kappa shape index (κ3) is 2.90. The zero-order valence-corrected chi connectivity index (χ0v) is 10.6. The fraction of sp³-hybridized carbons (Fsp3) is 0.231. The second kappa shape index (κ2) is 5.51. The fourth-order valence-electron chi connectivity index (χ4n) is 1.58. The summed E-state index contributed by atoms with van der Waals surface area (Å²) in [5.41, 5.74) is 0.0525. The summed E-state index contributed by atoms with van der Waals surface area (Å²) in [6.45, 7) is 0.180. The molecule has 0 unspecified atom stereocenters. The van der Waals surface area contributed by atoms with E-state index >= 15 is 0 Å². The van der Waals surface area contributed by atoms with Crippen molar-refractivity contribution in [2.45, 2.75) is 6.61 Å². The number of benzene rings is 1.